The smallest absolute Gasteiger partial charge is 0.333 e. The number of hydrogen-bond donors (Lipinski definition) is 0. The number of cyclic esters (lactones) is 1. The first-order chi connectivity index (χ1) is 21.1. The van der Waals surface area contributed by atoms with Crippen molar-refractivity contribution < 1.29 is 52.4 Å². The van der Waals surface area contributed by atoms with E-state index in [1.807, 2.05) is 13.8 Å². The van der Waals surface area contributed by atoms with E-state index < -0.39 is 70.5 Å². The fourth-order valence-corrected chi connectivity index (χ4v) is 7.76. The standard InChI is InChI=1S/C34H46O11/c1-9-19(3)30(38)44-25-11-12-33(17-42-33)34(18-41-22(6)35)27(43-23(7)36)13-21(5)32(8,29(25)34)15-26(24-14-28(37)40-16-24)45-31(39)20(4)10-2/h9-10,14,21,25-27,29H,11-13,15-18H2,1-8H3/b19-9+,20-10?/t21-,25-,26+,27+,29-,32+,33+,34-/m1/s1. The Morgan fingerprint density at radius 2 is 1.67 bits per heavy atom. The fourth-order valence-electron chi connectivity index (χ4n) is 7.76. The van der Waals surface area contributed by atoms with E-state index in [1.165, 1.54) is 19.9 Å². The van der Waals surface area contributed by atoms with Crippen LogP contribution in [0.25, 0.3) is 0 Å². The first kappa shape index (κ1) is 34.4. The molecule has 1 saturated heterocycles. The third kappa shape index (κ3) is 6.46. The molecular formula is C34H46O11. The largest absolute Gasteiger partial charge is 0.465 e. The van der Waals surface area contributed by atoms with Gasteiger partial charge in [0.25, 0.3) is 0 Å². The molecule has 0 N–H and O–H groups in total. The number of carbonyl (C=O) groups excluding carboxylic acids is 5. The summed E-state index contributed by atoms with van der Waals surface area (Å²) in [5.74, 6) is -3.29. The highest BCUT2D eigenvalue weighted by atomic mass is 16.6. The maximum Gasteiger partial charge on any atom is 0.333 e. The van der Waals surface area contributed by atoms with Gasteiger partial charge in [-0.2, -0.15) is 0 Å². The lowest BCUT2D eigenvalue weighted by molar-refractivity contribution is -0.258. The van der Waals surface area contributed by atoms with E-state index in [0.717, 1.165) is 0 Å². The second kappa shape index (κ2) is 13.1. The molecule has 2 heterocycles. The van der Waals surface area contributed by atoms with Crippen LogP contribution < -0.4 is 0 Å². The van der Waals surface area contributed by atoms with Crippen molar-refractivity contribution in [2.24, 2.45) is 22.7 Å². The van der Waals surface area contributed by atoms with Gasteiger partial charge in [0, 0.05) is 42.6 Å². The Bertz CT molecular complexity index is 1320. The van der Waals surface area contributed by atoms with Crippen molar-refractivity contribution in [2.75, 3.05) is 19.8 Å². The van der Waals surface area contributed by atoms with Crippen LogP contribution in [0.1, 0.15) is 81.1 Å². The zero-order valence-corrected chi connectivity index (χ0v) is 27.6. The van der Waals surface area contributed by atoms with Gasteiger partial charge in [-0.15, -0.1) is 0 Å². The Labute approximate surface area is 264 Å². The highest BCUT2D eigenvalue weighted by Gasteiger charge is 2.77. The van der Waals surface area contributed by atoms with E-state index in [1.54, 1.807) is 39.8 Å². The van der Waals surface area contributed by atoms with Crippen LogP contribution in [0.4, 0.5) is 0 Å². The molecule has 0 radical (unpaired) electrons. The van der Waals surface area contributed by atoms with Crippen molar-refractivity contribution in [3.05, 3.63) is 34.9 Å². The molecule has 45 heavy (non-hydrogen) atoms. The van der Waals surface area contributed by atoms with E-state index in [4.69, 9.17) is 28.4 Å². The maximum atomic E-state index is 13.3. The number of rotatable bonds is 10. The summed E-state index contributed by atoms with van der Waals surface area (Å²) in [6.07, 6.45) is 3.98. The van der Waals surface area contributed by atoms with E-state index in [0.29, 0.717) is 42.6 Å². The van der Waals surface area contributed by atoms with E-state index in [2.05, 4.69) is 0 Å². The average molecular weight is 631 g/mol. The van der Waals surface area contributed by atoms with Gasteiger partial charge in [-0.3, -0.25) is 9.59 Å². The maximum absolute atomic E-state index is 13.3. The third-order valence-corrected chi connectivity index (χ3v) is 10.6. The molecule has 3 fully saturated rings. The number of ether oxygens (including phenoxy) is 6. The van der Waals surface area contributed by atoms with Crippen LogP contribution in [0.2, 0.25) is 0 Å². The van der Waals surface area contributed by atoms with Crippen LogP contribution in [0, 0.1) is 22.7 Å². The summed E-state index contributed by atoms with van der Waals surface area (Å²) in [4.78, 5) is 63.5. The molecule has 4 rings (SSSR count). The lowest BCUT2D eigenvalue weighted by atomic mass is 9.42. The van der Waals surface area contributed by atoms with Gasteiger partial charge in [0.05, 0.1) is 12.0 Å². The normalized spacial score (nSPS) is 35.0. The zero-order chi connectivity index (χ0) is 33.3. The molecule has 8 atom stereocenters. The molecular weight excluding hydrogens is 584 g/mol. The minimum atomic E-state index is -1.09. The lowest BCUT2D eigenvalue weighted by Crippen LogP contribution is -2.71. The molecule has 2 aliphatic carbocycles. The van der Waals surface area contributed by atoms with Gasteiger partial charge >= 0.3 is 29.8 Å². The second-order valence-corrected chi connectivity index (χ2v) is 13.2. The van der Waals surface area contributed by atoms with Gasteiger partial charge in [-0.1, -0.05) is 26.0 Å². The Balaban J connectivity index is 1.91. The van der Waals surface area contributed by atoms with Gasteiger partial charge < -0.3 is 28.4 Å². The quantitative estimate of drug-likeness (QED) is 0.147. The summed E-state index contributed by atoms with van der Waals surface area (Å²) < 4.78 is 35.6. The zero-order valence-electron chi connectivity index (χ0n) is 27.6. The van der Waals surface area contributed by atoms with Crippen molar-refractivity contribution in [1.82, 2.24) is 0 Å². The van der Waals surface area contributed by atoms with Gasteiger partial charge in [-0.05, 0) is 64.7 Å². The van der Waals surface area contributed by atoms with Crippen LogP contribution in [0.5, 0.6) is 0 Å². The van der Waals surface area contributed by atoms with Crippen LogP contribution in [-0.4, -0.2) is 73.6 Å². The average Bonchev–Trinajstić information content (AvgIpc) is 3.64. The summed E-state index contributed by atoms with van der Waals surface area (Å²) in [5.41, 5.74) is -1.32. The van der Waals surface area contributed by atoms with Crippen molar-refractivity contribution in [3.63, 3.8) is 0 Å². The van der Waals surface area contributed by atoms with Crippen molar-refractivity contribution in [2.45, 2.75) is 105 Å². The van der Waals surface area contributed by atoms with Crippen molar-refractivity contribution >= 4 is 29.8 Å². The topological polar surface area (TPSA) is 144 Å². The predicted octanol–water partition coefficient (Wildman–Crippen LogP) is 4.32. The highest BCUT2D eigenvalue weighted by molar-refractivity contribution is 5.89. The number of hydrogen-bond acceptors (Lipinski definition) is 11. The number of fused-ring (bicyclic) bond motifs is 2. The number of epoxide rings is 1. The second-order valence-electron chi connectivity index (χ2n) is 13.2. The third-order valence-electron chi connectivity index (χ3n) is 10.6. The van der Waals surface area contributed by atoms with Gasteiger partial charge in [0.2, 0.25) is 0 Å². The Hall–Kier alpha value is -3.47. The molecule has 0 amide bonds. The first-order valence-corrected chi connectivity index (χ1v) is 15.6. The Kier molecular flexibility index (Phi) is 10.0. The summed E-state index contributed by atoms with van der Waals surface area (Å²) in [6, 6.07) is 0. The molecule has 0 aromatic carbocycles. The van der Waals surface area contributed by atoms with E-state index in [-0.39, 0.29) is 25.6 Å². The van der Waals surface area contributed by atoms with E-state index >= 15 is 0 Å². The van der Waals surface area contributed by atoms with Crippen LogP contribution in [-0.2, 0) is 52.4 Å². The molecule has 0 bridgehead atoms. The summed E-state index contributed by atoms with van der Waals surface area (Å²) in [7, 11) is 0. The predicted molar refractivity (Wildman–Crippen MR) is 160 cm³/mol. The monoisotopic (exact) mass is 630 g/mol. The minimum Gasteiger partial charge on any atom is -0.465 e. The minimum absolute atomic E-state index is 0.0264. The van der Waals surface area contributed by atoms with E-state index in [9.17, 15) is 24.0 Å². The molecule has 11 heteroatoms. The molecule has 2 saturated carbocycles. The molecule has 0 aromatic rings. The molecule has 1 spiro atoms. The summed E-state index contributed by atoms with van der Waals surface area (Å²) in [5, 5.41) is 0. The highest BCUT2D eigenvalue weighted by Crippen LogP contribution is 2.70. The molecule has 0 aromatic heterocycles. The molecule has 4 aliphatic rings. The number of carbonyl (C=O) groups is 5. The molecule has 248 valence electrons. The lowest BCUT2D eigenvalue weighted by Gasteiger charge is -2.64. The van der Waals surface area contributed by atoms with Gasteiger partial charge in [0.1, 0.15) is 37.1 Å². The fraction of sp³-hybridized carbons (Fsp3) is 0.676. The summed E-state index contributed by atoms with van der Waals surface area (Å²) >= 11 is 0. The summed E-state index contributed by atoms with van der Waals surface area (Å²) in [6.45, 7) is 13.7. The SMILES string of the molecule is CC=C(C)C(=O)O[C@@H](C[C@@]1(C)[C@H](C)C[C@H](OC(C)=O)[C@]2(COC(C)=O)[C@@H]1[C@H](OC(=O)/C(C)=C/C)CC[C@]21CO1)C1=CC(=O)OC1. The number of allylic oxidation sites excluding steroid dienone is 2. The molecule has 0 unspecified atom stereocenters. The van der Waals surface area contributed by atoms with Gasteiger partial charge in [0.15, 0.2) is 0 Å². The van der Waals surface area contributed by atoms with Crippen LogP contribution in [0.3, 0.4) is 0 Å². The van der Waals surface area contributed by atoms with Crippen molar-refractivity contribution in [1.29, 1.82) is 0 Å². The number of esters is 5. The Morgan fingerprint density at radius 1 is 1.02 bits per heavy atom. The molecule has 2 aliphatic heterocycles. The Morgan fingerprint density at radius 3 is 2.20 bits per heavy atom. The van der Waals surface area contributed by atoms with Gasteiger partial charge in [-0.25, -0.2) is 14.4 Å². The van der Waals surface area contributed by atoms with Crippen LogP contribution in [0.15, 0.2) is 34.9 Å². The van der Waals surface area contributed by atoms with Crippen LogP contribution >= 0.6 is 0 Å². The molecule has 11 nitrogen and oxygen atoms in total. The first-order valence-electron chi connectivity index (χ1n) is 15.6. The van der Waals surface area contributed by atoms with Crippen molar-refractivity contribution in [3.8, 4) is 0 Å².